The van der Waals surface area contributed by atoms with E-state index in [1.165, 1.54) is 0 Å². The largest absolute Gasteiger partial charge is 0.428 e. The Morgan fingerprint density at radius 1 is 1.47 bits per heavy atom. The van der Waals surface area contributed by atoms with E-state index in [-0.39, 0.29) is 51.5 Å². The average molecular weight is 292 g/mol. The second kappa shape index (κ2) is 10.2. The molecule has 2 N–H and O–H groups in total. The van der Waals surface area contributed by atoms with Gasteiger partial charge in [0.25, 0.3) is 0 Å². The molecule has 0 amide bonds. The Morgan fingerprint density at radius 3 is 2.20 bits per heavy atom. The van der Waals surface area contributed by atoms with Crippen molar-refractivity contribution in [2.75, 3.05) is 13.2 Å². The molecular weight excluding hydrogens is 269 g/mol. The zero-order valence-electron chi connectivity index (χ0n) is 10.0. The summed E-state index contributed by atoms with van der Waals surface area (Å²) in [6, 6.07) is 0. The van der Waals surface area contributed by atoms with E-state index in [4.69, 9.17) is 9.84 Å². The van der Waals surface area contributed by atoms with Crippen molar-refractivity contribution in [1.82, 2.24) is 0 Å². The summed E-state index contributed by atoms with van der Waals surface area (Å²) in [5, 5.41) is 17.0. The van der Waals surface area contributed by atoms with Gasteiger partial charge in [-0.3, -0.25) is 0 Å². The van der Waals surface area contributed by atoms with Crippen molar-refractivity contribution >= 4 is 0 Å². The summed E-state index contributed by atoms with van der Waals surface area (Å²) < 4.78 is 5.48. The van der Waals surface area contributed by atoms with Gasteiger partial charge in [0.2, 0.25) is 0 Å². The maximum absolute atomic E-state index is 9.52. The molecular formula is C11H23O3Y-. The van der Waals surface area contributed by atoms with Gasteiger partial charge in [-0.2, -0.15) is 0 Å². The summed E-state index contributed by atoms with van der Waals surface area (Å²) in [7, 11) is 0. The number of aliphatic hydroxyl groups excluding tert-OH is 2. The SMILES string of the molecule is CCC(O)C1OCC(C)C1C.[CH2-]CO.[Y]. The fourth-order valence-corrected chi connectivity index (χ4v) is 1.58. The molecule has 0 aromatic heterocycles. The van der Waals surface area contributed by atoms with Crippen molar-refractivity contribution in [2.45, 2.75) is 39.4 Å². The Hall–Kier alpha value is 0.984. The molecule has 0 saturated carbocycles. The number of aliphatic hydroxyl groups is 2. The zero-order chi connectivity index (χ0) is 11.1. The first-order valence-electron chi connectivity index (χ1n) is 5.28. The summed E-state index contributed by atoms with van der Waals surface area (Å²) in [4.78, 5) is 0. The van der Waals surface area contributed by atoms with E-state index >= 15 is 0 Å². The van der Waals surface area contributed by atoms with E-state index in [9.17, 15) is 5.11 Å². The second-order valence-corrected chi connectivity index (χ2v) is 3.83. The van der Waals surface area contributed by atoms with Crippen LogP contribution in [0.25, 0.3) is 0 Å². The van der Waals surface area contributed by atoms with Crippen LogP contribution in [0.15, 0.2) is 0 Å². The standard InChI is InChI=1S/C9H18O2.C2H5O.Y/c1-4-8(10)9-7(3)6(2)5-11-9;1-2-3;/h6-10H,4-5H2,1-3H3;3H,1-2H2;/q;-1;. The van der Waals surface area contributed by atoms with Crippen molar-refractivity contribution in [1.29, 1.82) is 0 Å². The second-order valence-electron chi connectivity index (χ2n) is 3.83. The number of hydrogen-bond donors (Lipinski definition) is 2. The zero-order valence-corrected chi connectivity index (χ0v) is 12.9. The molecule has 1 radical (unpaired) electrons. The first-order chi connectivity index (χ1) is 6.58. The Labute approximate surface area is 118 Å². The van der Waals surface area contributed by atoms with E-state index in [2.05, 4.69) is 20.8 Å². The average Bonchev–Trinajstić information content (AvgIpc) is 2.48. The molecule has 1 aliphatic rings. The van der Waals surface area contributed by atoms with Gasteiger partial charge in [0, 0.05) is 39.3 Å². The summed E-state index contributed by atoms with van der Waals surface area (Å²) in [5.74, 6) is 1.10. The predicted octanol–water partition coefficient (Wildman–Crippen LogP) is 1.24. The van der Waals surface area contributed by atoms with E-state index in [0.717, 1.165) is 13.0 Å². The van der Waals surface area contributed by atoms with Gasteiger partial charge in [-0.05, 0) is 18.3 Å². The van der Waals surface area contributed by atoms with Gasteiger partial charge in [-0.15, -0.1) is 0 Å². The fourth-order valence-electron chi connectivity index (χ4n) is 1.58. The number of ether oxygens (including phenoxy) is 1. The normalized spacial score (nSPS) is 31.2. The van der Waals surface area contributed by atoms with Gasteiger partial charge in [0.15, 0.2) is 0 Å². The van der Waals surface area contributed by atoms with Gasteiger partial charge < -0.3 is 21.9 Å². The minimum atomic E-state index is -0.269. The first kappa shape index (κ1) is 18.4. The molecule has 4 heteroatoms. The molecule has 1 fully saturated rings. The van der Waals surface area contributed by atoms with Crippen molar-refractivity contribution < 1.29 is 47.7 Å². The van der Waals surface area contributed by atoms with Crippen LogP contribution in [0.2, 0.25) is 0 Å². The monoisotopic (exact) mass is 292 g/mol. The maximum Gasteiger partial charge on any atom is 0.0862 e. The van der Waals surface area contributed by atoms with Gasteiger partial charge >= 0.3 is 0 Å². The third-order valence-corrected chi connectivity index (χ3v) is 2.76. The molecule has 0 aromatic rings. The molecule has 15 heavy (non-hydrogen) atoms. The van der Waals surface area contributed by atoms with Crippen LogP contribution in [0.5, 0.6) is 0 Å². The fraction of sp³-hybridized carbons (Fsp3) is 0.909. The van der Waals surface area contributed by atoms with Crippen molar-refractivity contribution in [3.63, 3.8) is 0 Å². The molecule has 0 bridgehead atoms. The van der Waals surface area contributed by atoms with Crippen LogP contribution in [-0.2, 0) is 37.4 Å². The quantitative estimate of drug-likeness (QED) is 0.753. The molecule has 89 valence electrons. The van der Waals surface area contributed by atoms with E-state index in [1.807, 2.05) is 6.92 Å². The van der Waals surface area contributed by atoms with Crippen molar-refractivity contribution in [3.05, 3.63) is 6.92 Å². The Morgan fingerprint density at radius 2 is 1.93 bits per heavy atom. The van der Waals surface area contributed by atoms with Crippen LogP contribution in [0.1, 0.15) is 27.2 Å². The van der Waals surface area contributed by atoms with Gasteiger partial charge in [-0.1, -0.05) is 27.4 Å². The van der Waals surface area contributed by atoms with Crippen LogP contribution < -0.4 is 0 Å². The molecule has 1 saturated heterocycles. The summed E-state index contributed by atoms with van der Waals surface area (Å²) in [6.07, 6.45) is 0.604. The number of rotatable bonds is 2. The van der Waals surface area contributed by atoms with Crippen LogP contribution in [-0.4, -0.2) is 35.6 Å². The minimum Gasteiger partial charge on any atom is -0.428 e. The van der Waals surface area contributed by atoms with Crippen molar-refractivity contribution in [3.8, 4) is 0 Å². The molecule has 1 heterocycles. The molecule has 4 atom stereocenters. The summed E-state index contributed by atoms with van der Waals surface area (Å²) >= 11 is 0. The third kappa shape index (κ3) is 6.33. The van der Waals surface area contributed by atoms with Crippen LogP contribution in [0, 0.1) is 18.8 Å². The molecule has 0 spiro atoms. The van der Waals surface area contributed by atoms with E-state index in [1.54, 1.807) is 0 Å². The Balaban J connectivity index is 0. The molecule has 0 aromatic carbocycles. The van der Waals surface area contributed by atoms with Crippen LogP contribution in [0.3, 0.4) is 0 Å². The van der Waals surface area contributed by atoms with Gasteiger partial charge in [-0.25, -0.2) is 0 Å². The van der Waals surface area contributed by atoms with E-state index in [0.29, 0.717) is 11.8 Å². The van der Waals surface area contributed by atoms with Gasteiger partial charge in [0.1, 0.15) is 0 Å². The molecule has 1 rings (SSSR count). The molecule has 1 aliphatic heterocycles. The van der Waals surface area contributed by atoms with Gasteiger partial charge in [0.05, 0.1) is 12.2 Å². The van der Waals surface area contributed by atoms with Crippen LogP contribution in [0.4, 0.5) is 0 Å². The smallest absolute Gasteiger partial charge is 0.0862 e. The van der Waals surface area contributed by atoms with E-state index < -0.39 is 0 Å². The van der Waals surface area contributed by atoms with Crippen molar-refractivity contribution in [2.24, 2.45) is 11.8 Å². The summed E-state index contributed by atoms with van der Waals surface area (Å²) in [5.41, 5.74) is 0. The first-order valence-corrected chi connectivity index (χ1v) is 5.28. The van der Waals surface area contributed by atoms with Crippen LogP contribution >= 0.6 is 0 Å². The molecule has 4 unspecified atom stereocenters. The number of hydrogen-bond acceptors (Lipinski definition) is 3. The Bertz CT molecular complexity index is 144. The molecule has 3 nitrogen and oxygen atoms in total. The minimum absolute atomic E-state index is 0. The topological polar surface area (TPSA) is 49.7 Å². The maximum atomic E-state index is 9.52. The summed E-state index contributed by atoms with van der Waals surface area (Å²) in [6.45, 7) is 10.2. The Kier molecular flexibility index (Phi) is 12.4. The molecule has 0 aliphatic carbocycles. The third-order valence-electron chi connectivity index (χ3n) is 2.76. The predicted molar refractivity (Wildman–Crippen MR) is 56.8 cm³/mol.